The van der Waals surface area contributed by atoms with Gasteiger partial charge in [-0.25, -0.2) is 0 Å². The molecule has 0 spiro atoms. The van der Waals surface area contributed by atoms with Gasteiger partial charge in [-0.1, -0.05) is 6.07 Å². The van der Waals surface area contributed by atoms with Crippen LogP contribution in [-0.2, 0) is 11.3 Å². The van der Waals surface area contributed by atoms with E-state index in [0.29, 0.717) is 19.4 Å². The first-order valence-electron chi connectivity index (χ1n) is 5.43. The Morgan fingerprint density at radius 1 is 1.50 bits per heavy atom. The van der Waals surface area contributed by atoms with Gasteiger partial charge < -0.3 is 11.1 Å². The summed E-state index contributed by atoms with van der Waals surface area (Å²) < 4.78 is 0. The van der Waals surface area contributed by atoms with Crippen LogP contribution in [0.3, 0.4) is 0 Å². The lowest BCUT2D eigenvalue weighted by atomic mass is 10.00. The van der Waals surface area contributed by atoms with Crippen molar-refractivity contribution >= 4 is 5.91 Å². The average Bonchev–Trinajstić information content (AvgIpc) is 2.24. The molecule has 4 heteroatoms. The van der Waals surface area contributed by atoms with Crippen molar-refractivity contribution in [3.8, 4) is 0 Å². The first-order valence-corrected chi connectivity index (χ1v) is 5.43. The largest absolute Gasteiger partial charge is 0.350 e. The molecule has 0 saturated heterocycles. The first-order chi connectivity index (χ1) is 7.47. The Morgan fingerprint density at radius 3 is 2.81 bits per heavy atom. The Morgan fingerprint density at radius 2 is 2.25 bits per heavy atom. The zero-order chi connectivity index (χ0) is 12.0. The van der Waals surface area contributed by atoms with E-state index in [9.17, 15) is 4.79 Å². The van der Waals surface area contributed by atoms with E-state index in [1.807, 2.05) is 32.0 Å². The summed E-state index contributed by atoms with van der Waals surface area (Å²) in [6.07, 6.45) is 2.85. The van der Waals surface area contributed by atoms with Gasteiger partial charge in [0, 0.05) is 18.2 Å². The number of nitrogens with two attached hydrogens (primary N) is 1. The zero-order valence-electron chi connectivity index (χ0n) is 9.86. The van der Waals surface area contributed by atoms with E-state index in [1.165, 1.54) is 0 Å². The van der Waals surface area contributed by atoms with Crippen LogP contribution in [0.4, 0.5) is 0 Å². The normalized spacial score (nSPS) is 11.2. The van der Waals surface area contributed by atoms with E-state index < -0.39 is 0 Å². The van der Waals surface area contributed by atoms with Crippen molar-refractivity contribution in [2.45, 2.75) is 38.8 Å². The molecule has 0 saturated carbocycles. The predicted molar refractivity (Wildman–Crippen MR) is 63.6 cm³/mol. The van der Waals surface area contributed by atoms with E-state index in [1.54, 1.807) is 6.20 Å². The number of amides is 1. The van der Waals surface area contributed by atoms with Gasteiger partial charge in [-0.2, -0.15) is 0 Å². The first kappa shape index (κ1) is 12.6. The van der Waals surface area contributed by atoms with Crippen molar-refractivity contribution in [1.29, 1.82) is 0 Å². The molecule has 0 atom stereocenters. The molecule has 1 aromatic rings. The average molecular weight is 221 g/mol. The molecule has 0 aromatic carbocycles. The lowest BCUT2D eigenvalue weighted by molar-refractivity contribution is -0.121. The van der Waals surface area contributed by atoms with Gasteiger partial charge in [0.05, 0.1) is 12.2 Å². The van der Waals surface area contributed by atoms with Crippen LogP contribution in [0.15, 0.2) is 24.4 Å². The highest BCUT2D eigenvalue weighted by molar-refractivity contribution is 5.75. The third-order valence-electron chi connectivity index (χ3n) is 2.19. The fourth-order valence-electron chi connectivity index (χ4n) is 1.22. The minimum atomic E-state index is -0.289. The molecule has 1 rings (SSSR count). The van der Waals surface area contributed by atoms with Gasteiger partial charge >= 0.3 is 0 Å². The van der Waals surface area contributed by atoms with E-state index in [4.69, 9.17) is 5.73 Å². The summed E-state index contributed by atoms with van der Waals surface area (Å²) in [5.41, 5.74) is 6.37. The third kappa shape index (κ3) is 5.46. The van der Waals surface area contributed by atoms with Crippen molar-refractivity contribution in [3.05, 3.63) is 30.1 Å². The van der Waals surface area contributed by atoms with Crippen LogP contribution in [-0.4, -0.2) is 16.4 Å². The van der Waals surface area contributed by atoms with Gasteiger partial charge in [0.2, 0.25) is 5.91 Å². The number of nitrogens with one attached hydrogen (secondary N) is 1. The number of carbonyl (C=O) groups is 1. The molecular weight excluding hydrogens is 202 g/mol. The molecule has 0 unspecified atom stereocenters. The summed E-state index contributed by atoms with van der Waals surface area (Å²) in [6.45, 7) is 4.31. The smallest absolute Gasteiger partial charge is 0.220 e. The van der Waals surface area contributed by atoms with Crippen molar-refractivity contribution in [3.63, 3.8) is 0 Å². The highest BCUT2D eigenvalue weighted by atomic mass is 16.1. The van der Waals surface area contributed by atoms with Gasteiger partial charge in [-0.15, -0.1) is 0 Å². The van der Waals surface area contributed by atoms with E-state index >= 15 is 0 Å². The van der Waals surface area contributed by atoms with Crippen LogP contribution in [0, 0.1) is 0 Å². The Labute approximate surface area is 96.3 Å². The molecule has 16 heavy (non-hydrogen) atoms. The highest BCUT2D eigenvalue weighted by Gasteiger charge is 2.12. The zero-order valence-corrected chi connectivity index (χ0v) is 9.86. The Balaban J connectivity index is 2.26. The van der Waals surface area contributed by atoms with Crippen LogP contribution < -0.4 is 11.1 Å². The third-order valence-corrected chi connectivity index (χ3v) is 2.19. The standard InChI is InChI=1S/C12H19N3O/c1-12(2,13)7-6-11(16)15-9-10-5-3-4-8-14-10/h3-5,8H,6-7,9,13H2,1-2H3,(H,15,16). The number of hydrogen-bond donors (Lipinski definition) is 2. The summed E-state index contributed by atoms with van der Waals surface area (Å²) in [5.74, 6) is 0.0178. The Kier molecular flexibility index (Phi) is 4.43. The molecule has 1 heterocycles. The molecular formula is C12H19N3O. The Hall–Kier alpha value is -1.42. The maximum atomic E-state index is 11.5. The second-order valence-corrected chi connectivity index (χ2v) is 4.59. The molecule has 1 aromatic heterocycles. The minimum Gasteiger partial charge on any atom is -0.350 e. The fourth-order valence-corrected chi connectivity index (χ4v) is 1.22. The van der Waals surface area contributed by atoms with Crippen LogP contribution in [0.2, 0.25) is 0 Å². The van der Waals surface area contributed by atoms with E-state index in [-0.39, 0.29) is 11.4 Å². The minimum absolute atomic E-state index is 0.0178. The predicted octanol–water partition coefficient (Wildman–Crippen LogP) is 1.22. The molecule has 0 radical (unpaired) electrons. The molecule has 0 fully saturated rings. The lowest BCUT2D eigenvalue weighted by Gasteiger charge is -2.17. The number of carbonyl (C=O) groups excluding carboxylic acids is 1. The molecule has 0 aliphatic heterocycles. The quantitative estimate of drug-likeness (QED) is 0.785. The van der Waals surface area contributed by atoms with Gasteiger partial charge in [-0.3, -0.25) is 9.78 Å². The summed E-state index contributed by atoms with van der Waals surface area (Å²) >= 11 is 0. The summed E-state index contributed by atoms with van der Waals surface area (Å²) in [4.78, 5) is 15.6. The van der Waals surface area contributed by atoms with Crippen molar-refractivity contribution in [2.75, 3.05) is 0 Å². The van der Waals surface area contributed by atoms with Crippen LogP contribution in [0.1, 0.15) is 32.4 Å². The lowest BCUT2D eigenvalue weighted by Crippen LogP contribution is -2.34. The van der Waals surface area contributed by atoms with Gasteiger partial charge in [0.25, 0.3) is 0 Å². The number of rotatable bonds is 5. The second kappa shape index (κ2) is 5.61. The molecule has 0 aliphatic carbocycles. The number of pyridine rings is 1. The number of aromatic nitrogens is 1. The molecule has 0 aliphatic rings. The summed E-state index contributed by atoms with van der Waals surface area (Å²) in [6, 6.07) is 5.63. The van der Waals surface area contributed by atoms with Gasteiger partial charge in [-0.05, 0) is 32.4 Å². The fraction of sp³-hybridized carbons (Fsp3) is 0.500. The van der Waals surface area contributed by atoms with E-state index in [2.05, 4.69) is 10.3 Å². The number of hydrogen-bond acceptors (Lipinski definition) is 3. The van der Waals surface area contributed by atoms with Crippen LogP contribution >= 0.6 is 0 Å². The molecule has 88 valence electrons. The molecule has 1 amide bonds. The summed E-state index contributed by atoms with van der Waals surface area (Å²) in [5, 5.41) is 2.81. The highest BCUT2D eigenvalue weighted by Crippen LogP contribution is 2.06. The van der Waals surface area contributed by atoms with Crippen molar-refractivity contribution < 1.29 is 4.79 Å². The van der Waals surface area contributed by atoms with Crippen LogP contribution in [0.25, 0.3) is 0 Å². The molecule has 4 nitrogen and oxygen atoms in total. The summed E-state index contributed by atoms with van der Waals surface area (Å²) in [7, 11) is 0. The van der Waals surface area contributed by atoms with E-state index in [0.717, 1.165) is 5.69 Å². The monoisotopic (exact) mass is 221 g/mol. The van der Waals surface area contributed by atoms with Crippen molar-refractivity contribution in [1.82, 2.24) is 10.3 Å². The SMILES string of the molecule is CC(C)(N)CCC(=O)NCc1ccccn1. The Bertz CT molecular complexity index is 330. The number of nitrogens with zero attached hydrogens (tertiary/aromatic N) is 1. The molecule has 3 N–H and O–H groups in total. The van der Waals surface area contributed by atoms with Crippen molar-refractivity contribution in [2.24, 2.45) is 5.73 Å². The molecule has 0 bridgehead atoms. The maximum Gasteiger partial charge on any atom is 0.220 e. The van der Waals surface area contributed by atoms with Crippen LogP contribution in [0.5, 0.6) is 0 Å². The van der Waals surface area contributed by atoms with Gasteiger partial charge in [0.15, 0.2) is 0 Å². The second-order valence-electron chi connectivity index (χ2n) is 4.59. The maximum absolute atomic E-state index is 11.5. The topological polar surface area (TPSA) is 68.0 Å². The van der Waals surface area contributed by atoms with Gasteiger partial charge in [0.1, 0.15) is 0 Å².